The normalized spacial score (nSPS) is 11.3. The second-order valence-electron chi connectivity index (χ2n) is 5.73. The van der Waals surface area contributed by atoms with Crippen LogP contribution in [0.4, 0.5) is 13.2 Å². The van der Waals surface area contributed by atoms with E-state index < -0.39 is 12.6 Å². The van der Waals surface area contributed by atoms with Crippen LogP contribution in [0.1, 0.15) is 19.0 Å². The SMILES string of the molecule is CCN(CCC(F)(F)F)C(=O)Cc1csc(-c2ccc(OC)c(OC)c2)n1. The maximum absolute atomic E-state index is 12.4. The first-order valence-corrected chi connectivity index (χ1v) is 9.16. The smallest absolute Gasteiger partial charge is 0.390 e. The number of carbonyl (C=O) groups excluding carboxylic acids is 1. The molecule has 0 unspecified atom stereocenters. The Balaban J connectivity index is 2.08. The van der Waals surface area contributed by atoms with Gasteiger partial charge in [0, 0.05) is 24.0 Å². The Kier molecular flexibility index (Phi) is 7.06. The molecule has 0 fully saturated rings. The van der Waals surface area contributed by atoms with Crippen molar-refractivity contribution in [1.29, 1.82) is 0 Å². The van der Waals surface area contributed by atoms with Gasteiger partial charge in [-0.15, -0.1) is 11.3 Å². The number of alkyl halides is 3. The number of aromatic nitrogens is 1. The zero-order valence-electron chi connectivity index (χ0n) is 15.3. The molecule has 1 aromatic carbocycles. The van der Waals surface area contributed by atoms with Crippen molar-refractivity contribution in [3.63, 3.8) is 0 Å². The van der Waals surface area contributed by atoms with Crippen molar-refractivity contribution in [3.05, 3.63) is 29.3 Å². The van der Waals surface area contributed by atoms with Crippen molar-refractivity contribution >= 4 is 17.2 Å². The Labute approximate surface area is 159 Å². The topological polar surface area (TPSA) is 51.7 Å². The first-order chi connectivity index (χ1) is 12.8. The van der Waals surface area contributed by atoms with Crippen molar-refractivity contribution in [2.45, 2.75) is 25.9 Å². The number of hydrogen-bond donors (Lipinski definition) is 0. The van der Waals surface area contributed by atoms with E-state index in [2.05, 4.69) is 4.98 Å². The Morgan fingerprint density at radius 3 is 2.52 bits per heavy atom. The lowest BCUT2D eigenvalue weighted by Crippen LogP contribution is -2.35. The average molecular weight is 402 g/mol. The summed E-state index contributed by atoms with van der Waals surface area (Å²) in [4.78, 5) is 17.9. The molecule has 0 N–H and O–H groups in total. The molecule has 2 rings (SSSR count). The predicted molar refractivity (Wildman–Crippen MR) is 97.3 cm³/mol. The number of nitrogens with zero attached hydrogens (tertiary/aromatic N) is 2. The van der Waals surface area contributed by atoms with Gasteiger partial charge in [-0.3, -0.25) is 4.79 Å². The molecule has 0 aliphatic rings. The number of benzene rings is 1. The Bertz CT molecular complexity index is 777. The standard InChI is InChI=1S/C18H21F3N2O3S/c1-4-23(8-7-18(19,20)21)16(24)10-13-11-27-17(22-13)12-5-6-14(25-2)15(9-12)26-3/h5-6,9,11H,4,7-8,10H2,1-3H3. The molecule has 2 aromatic rings. The van der Waals surface area contributed by atoms with Crippen molar-refractivity contribution in [2.75, 3.05) is 27.3 Å². The van der Waals surface area contributed by atoms with Crippen LogP contribution in [0.15, 0.2) is 23.6 Å². The van der Waals surface area contributed by atoms with E-state index >= 15 is 0 Å². The molecule has 27 heavy (non-hydrogen) atoms. The second-order valence-corrected chi connectivity index (χ2v) is 6.59. The van der Waals surface area contributed by atoms with Crippen LogP contribution in [-0.4, -0.2) is 49.3 Å². The van der Waals surface area contributed by atoms with E-state index in [9.17, 15) is 18.0 Å². The number of thiazole rings is 1. The van der Waals surface area contributed by atoms with E-state index in [0.717, 1.165) is 5.56 Å². The molecule has 0 aliphatic heterocycles. The Morgan fingerprint density at radius 1 is 1.22 bits per heavy atom. The summed E-state index contributed by atoms with van der Waals surface area (Å²) in [6.07, 6.45) is -5.33. The van der Waals surface area contributed by atoms with E-state index in [0.29, 0.717) is 22.2 Å². The summed E-state index contributed by atoms with van der Waals surface area (Å²) in [5.41, 5.74) is 1.33. The van der Waals surface area contributed by atoms with Gasteiger partial charge in [0.05, 0.1) is 32.8 Å². The quantitative estimate of drug-likeness (QED) is 0.665. The molecule has 1 aromatic heterocycles. The Morgan fingerprint density at radius 2 is 1.93 bits per heavy atom. The van der Waals surface area contributed by atoms with E-state index in [1.165, 1.54) is 23.3 Å². The minimum absolute atomic E-state index is 0.0323. The number of amides is 1. The maximum Gasteiger partial charge on any atom is 0.390 e. The fraction of sp³-hybridized carbons (Fsp3) is 0.444. The fourth-order valence-electron chi connectivity index (χ4n) is 2.48. The third-order valence-corrected chi connectivity index (χ3v) is 4.85. The first kappa shape index (κ1) is 21.0. The highest BCUT2D eigenvalue weighted by atomic mass is 32.1. The van der Waals surface area contributed by atoms with Gasteiger partial charge in [-0.25, -0.2) is 4.98 Å². The number of likely N-dealkylation sites (N-methyl/N-ethyl adjacent to an activating group) is 1. The monoisotopic (exact) mass is 402 g/mol. The van der Waals surface area contributed by atoms with Crippen LogP contribution in [0.2, 0.25) is 0 Å². The molecular weight excluding hydrogens is 381 g/mol. The number of carbonyl (C=O) groups is 1. The summed E-state index contributed by atoms with van der Waals surface area (Å²) >= 11 is 1.36. The van der Waals surface area contributed by atoms with Crippen molar-refractivity contribution in [1.82, 2.24) is 9.88 Å². The van der Waals surface area contributed by atoms with Gasteiger partial charge in [0.2, 0.25) is 5.91 Å². The van der Waals surface area contributed by atoms with Gasteiger partial charge in [-0.2, -0.15) is 13.2 Å². The van der Waals surface area contributed by atoms with Crippen LogP contribution in [0.5, 0.6) is 11.5 Å². The second kappa shape index (κ2) is 9.07. The fourth-order valence-corrected chi connectivity index (χ4v) is 3.29. The zero-order chi connectivity index (χ0) is 20.0. The average Bonchev–Trinajstić information content (AvgIpc) is 3.09. The molecule has 0 radical (unpaired) electrons. The van der Waals surface area contributed by atoms with E-state index in [1.807, 2.05) is 6.07 Å². The number of hydrogen-bond acceptors (Lipinski definition) is 5. The number of rotatable bonds is 8. The van der Waals surface area contributed by atoms with Crippen molar-refractivity contribution in [2.24, 2.45) is 0 Å². The molecule has 9 heteroatoms. The lowest BCUT2D eigenvalue weighted by atomic mass is 10.2. The minimum Gasteiger partial charge on any atom is -0.493 e. The van der Waals surface area contributed by atoms with Crippen molar-refractivity contribution in [3.8, 4) is 22.1 Å². The summed E-state index contributed by atoms with van der Waals surface area (Å²) < 4.78 is 47.6. The molecule has 1 heterocycles. The molecule has 0 aliphatic carbocycles. The molecule has 148 valence electrons. The van der Waals surface area contributed by atoms with Gasteiger partial charge in [-0.05, 0) is 25.1 Å². The number of halogens is 3. The van der Waals surface area contributed by atoms with E-state index in [-0.39, 0.29) is 25.4 Å². The summed E-state index contributed by atoms with van der Waals surface area (Å²) in [6, 6.07) is 5.37. The van der Waals surface area contributed by atoms with Gasteiger partial charge in [0.1, 0.15) is 5.01 Å². The molecule has 0 bridgehead atoms. The number of ether oxygens (including phenoxy) is 2. The predicted octanol–water partition coefficient (Wildman–Crippen LogP) is 4.17. The number of methoxy groups -OCH3 is 2. The zero-order valence-corrected chi connectivity index (χ0v) is 16.1. The van der Waals surface area contributed by atoms with Crippen LogP contribution in [0.3, 0.4) is 0 Å². The highest BCUT2D eigenvalue weighted by Gasteiger charge is 2.28. The van der Waals surface area contributed by atoms with E-state index in [4.69, 9.17) is 9.47 Å². The van der Waals surface area contributed by atoms with Crippen LogP contribution >= 0.6 is 11.3 Å². The van der Waals surface area contributed by atoms with Gasteiger partial charge < -0.3 is 14.4 Å². The molecule has 5 nitrogen and oxygen atoms in total. The van der Waals surface area contributed by atoms with Gasteiger partial charge >= 0.3 is 6.18 Å². The molecule has 0 spiro atoms. The highest BCUT2D eigenvalue weighted by molar-refractivity contribution is 7.13. The van der Waals surface area contributed by atoms with Crippen LogP contribution < -0.4 is 9.47 Å². The molecule has 0 saturated heterocycles. The Hall–Kier alpha value is -2.29. The molecule has 0 saturated carbocycles. The van der Waals surface area contributed by atoms with Crippen molar-refractivity contribution < 1.29 is 27.4 Å². The van der Waals surface area contributed by atoms with Crippen LogP contribution in [-0.2, 0) is 11.2 Å². The van der Waals surface area contributed by atoms with E-state index in [1.54, 1.807) is 31.5 Å². The summed E-state index contributed by atoms with van der Waals surface area (Å²) in [5, 5.41) is 2.43. The lowest BCUT2D eigenvalue weighted by molar-refractivity contribution is -0.144. The third-order valence-electron chi connectivity index (χ3n) is 3.91. The summed E-state index contributed by atoms with van der Waals surface area (Å²) in [6.45, 7) is 1.54. The first-order valence-electron chi connectivity index (χ1n) is 8.28. The maximum atomic E-state index is 12.4. The highest BCUT2D eigenvalue weighted by Crippen LogP contribution is 2.33. The van der Waals surface area contributed by atoms with Gasteiger partial charge in [0.15, 0.2) is 11.5 Å². The third kappa shape index (κ3) is 5.85. The molecule has 0 atom stereocenters. The van der Waals surface area contributed by atoms with Gasteiger partial charge in [0.25, 0.3) is 0 Å². The van der Waals surface area contributed by atoms with Gasteiger partial charge in [-0.1, -0.05) is 0 Å². The van der Waals surface area contributed by atoms with Crippen LogP contribution in [0, 0.1) is 0 Å². The summed E-state index contributed by atoms with van der Waals surface area (Å²) in [7, 11) is 3.08. The molecular formula is C18H21F3N2O3S. The summed E-state index contributed by atoms with van der Waals surface area (Å²) in [5.74, 6) is 0.787. The lowest BCUT2D eigenvalue weighted by Gasteiger charge is -2.21. The van der Waals surface area contributed by atoms with Crippen LogP contribution in [0.25, 0.3) is 10.6 Å². The minimum atomic E-state index is -4.28. The molecule has 1 amide bonds. The largest absolute Gasteiger partial charge is 0.493 e.